The van der Waals surface area contributed by atoms with E-state index in [1.165, 1.54) is 16.2 Å². The predicted molar refractivity (Wildman–Crippen MR) is 139 cm³/mol. The van der Waals surface area contributed by atoms with Crippen LogP contribution in [0.2, 0.25) is 0 Å². The smallest absolute Gasteiger partial charge is 0.301 e. The zero-order valence-electron chi connectivity index (χ0n) is 18.8. The normalized spacial score (nSPS) is 17.6. The number of aliphatic hydroxyl groups is 1. The highest BCUT2D eigenvalue weighted by atomic mass is 79.9. The van der Waals surface area contributed by atoms with Crippen LogP contribution in [-0.4, -0.2) is 21.8 Å². The minimum Gasteiger partial charge on any atom is -0.507 e. The zero-order valence-corrected chi connectivity index (χ0v) is 21.2. The van der Waals surface area contributed by atoms with Crippen molar-refractivity contribution in [3.8, 4) is 0 Å². The molecule has 7 heteroatoms. The first-order valence-corrected chi connectivity index (χ1v) is 12.4. The van der Waals surface area contributed by atoms with Crippen LogP contribution in [0.1, 0.15) is 33.9 Å². The fraction of sp³-hybridized carbons (Fsp3) is 0.148. The summed E-state index contributed by atoms with van der Waals surface area (Å²) in [5.74, 6) is -1.62. The highest BCUT2D eigenvalue weighted by Gasteiger charge is 2.48. The van der Waals surface area contributed by atoms with Gasteiger partial charge in [-0.1, -0.05) is 69.2 Å². The van der Waals surface area contributed by atoms with Crippen LogP contribution in [-0.2, 0) is 9.59 Å². The van der Waals surface area contributed by atoms with Gasteiger partial charge >= 0.3 is 5.91 Å². The van der Waals surface area contributed by atoms with Crippen molar-refractivity contribution in [3.05, 3.63) is 98.5 Å². The molecule has 0 radical (unpaired) electrons. The maximum Gasteiger partial charge on any atom is 0.301 e. The molecule has 4 aromatic rings. The number of nitrogens with zero attached hydrogens (tertiary/aromatic N) is 2. The van der Waals surface area contributed by atoms with Gasteiger partial charge in [-0.25, -0.2) is 4.98 Å². The van der Waals surface area contributed by atoms with Gasteiger partial charge in [0.05, 0.1) is 21.8 Å². The number of hydrogen-bond acceptors (Lipinski definition) is 5. The highest BCUT2D eigenvalue weighted by molar-refractivity contribution is 9.10. The summed E-state index contributed by atoms with van der Waals surface area (Å²) in [5.41, 5.74) is 5.28. The first-order valence-electron chi connectivity index (χ1n) is 10.8. The third kappa shape index (κ3) is 3.75. The van der Waals surface area contributed by atoms with E-state index in [1.807, 2.05) is 57.2 Å². The molecule has 1 saturated heterocycles. The second-order valence-electron chi connectivity index (χ2n) is 8.49. The number of fused-ring (bicyclic) bond motifs is 1. The Hall–Kier alpha value is -3.29. The first kappa shape index (κ1) is 22.5. The molecule has 0 bridgehead atoms. The second kappa shape index (κ2) is 8.49. The number of hydrogen-bond donors (Lipinski definition) is 1. The van der Waals surface area contributed by atoms with Crippen molar-refractivity contribution in [3.63, 3.8) is 0 Å². The van der Waals surface area contributed by atoms with E-state index < -0.39 is 17.7 Å². The lowest BCUT2D eigenvalue weighted by Crippen LogP contribution is -2.29. The lowest BCUT2D eigenvalue weighted by Gasteiger charge is -2.23. The van der Waals surface area contributed by atoms with Crippen molar-refractivity contribution >= 4 is 60.1 Å². The number of aliphatic hydroxyl groups excluding tert-OH is 1. The number of halogens is 1. The van der Waals surface area contributed by atoms with Crippen molar-refractivity contribution in [2.24, 2.45) is 0 Å². The van der Waals surface area contributed by atoms with Crippen LogP contribution >= 0.6 is 27.3 Å². The molecule has 0 aliphatic carbocycles. The van der Waals surface area contributed by atoms with Crippen molar-refractivity contribution in [1.82, 2.24) is 4.98 Å². The minimum absolute atomic E-state index is 0.0598. The average Bonchev–Trinajstić information content (AvgIpc) is 3.32. The molecule has 1 unspecified atom stereocenters. The maximum atomic E-state index is 13.4. The summed E-state index contributed by atoms with van der Waals surface area (Å²) in [6.07, 6.45) is 0. The molecule has 170 valence electrons. The van der Waals surface area contributed by atoms with Crippen LogP contribution in [0, 0.1) is 20.8 Å². The van der Waals surface area contributed by atoms with Crippen molar-refractivity contribution in [1.29, 1.82) is 0 Å². The predicted octanol–water partition coefficient (Wildman–Crippen LogP) is 6.61. The number of amides is 1. The van der Waals surface area contributed by atoms with Gasteiger partial charge in [-0.3, -0.25) is 14.5 Å². The van der Waals surface area contributed by atoms with Gasteiger partial charge in [0.1, 0.15) is 5.76 Å². The molecule has 0 saturated carbocycles. The first-order chi connectivity index (χ1) is 16.2. The Kier molecular flexibility index (Phi) is 5.62. The van der Waals surface area contributed by atoms with Gasteiger partial charge in [0.15, 0.2) is 5.13 Å². The summed E-state index contributed by atoms with van der Waals surface area (Å²) in [5, 5.41) is 11.7. The lowest BCUT2D eigenvalue weighted by atomic mass is 9.94. The van der Waals surface area contributed by atoms with Gasteiger partial charge in [-0.15, -0.1) is 0 Å². The summed E-state index contributed by atoms with van der Waals surface area (Å²) in [6.45, 7) is 6.00. The Morgan fingerprint density at radius 1 is 1.00 bits per heavy atom. The van der Waals surface area contributed by atoms with Crippen molar-refractivity contribution in [2.45, 2.75) is 26.8 Å². The molecule has 5 nitrogen and oxygen atoms in total. The van der Waals surface area contributed by atoms with E-state index >= 15 is 0 Å². The molecule has 0 spiro atoms. The van der Waals surface area contributed by atoms with E-state index in [0.29, 0.717) is 10.7 Å². The Morgan fingerprint density at radius 3 is 2.41 bits per heavy atom. The van der Waals surface area contributed by atoms with Gasteiger partial charge in [0, 0.05) is 10.0 Å². The minimum atomic E-state index is -0.786. The van der Waals surface area contributed by atoms with Crippen LogP contribution in [0.25, 0.3) is 16.0 Å². The summed E-state index contributed by atoms with van der Waals surface area (Å²) in [4.78, 5) is 32.8. The quantitative estimate of drug-likeness (QED) is 0.183. The third-order valence-corrected chi connectivity index (χ3v) is 7.66. The number of rotatable bonds is 3. The summed E-state index contributed by atoms with van der Waals surface area (Å²) in [7, 11) is 0. The van der Waals surface area contributed by atoms with E-state index in [-0.39, 0.29) is 11.3 Å². The highest BCUT2D eigenvalue weighted by Crippen LogP contribution is 2.44. The van der Waals surface area contributed by atoms with Crippen molar-refractivity contribution in [2.75, 3.05) is 4.90 Å². The second-order valence-corrected chi connectivity index (χ2v) is 10.4. The van der Waals surface area contributed by atoms with E-state index in [2.05, 4.69) is 15.9 Å². The van der Waals surface area contributed by atoms with Gasteiger partial charge in [0.2, 0.25) is 0 Å². The number of ketones is 1. The Balaban J connectivity index is 1.74. The van der Waals surface area contributed by atoms with E-state index in [9.17, 15) is 14.7 Å². The fourth-order valence-electron chi connectivity index (χ4n) is 4.22. The summed E-state index contributed by atoms with van der Waals surface area (Å²) in [6, 6.07) is 17.9. The Bertz CT molecular complexity index is 1470. The molecule has 3 aromatic carbocycles. The molecule has 2 heterocycles. The number of anilines is 1. The molecule has 5 rings (SSSR count). The van der Waals surface area contributed by atoms with Crippen LogP contribution in [0.15, 0.2) is 70.7 Å². The Morgan fingerprint density at radius 2 is 1.71 bits per heavy atom. The number of aromatic nitrogens is 1. The van der Waals surface area contributed by atoms with Gasteiger partial charge in [-0.2, -0.15) is 0 Å². The summed E-state index contributed by atoms with van der Waals surface area (Å²) >= 11 is 4.76. The molecular formula is C27H21BrN2O3S. The monoisotopic (exact) mass is 532 g/mol. The molecule has 1 aliphatic rings. The largest absolute Gasteiger partial charge is 0.507 e. The number of carbonyl (C=O) groups is 2. The maximum absolute atomic E-state index is 13.4. The van der Waals surface area contributed by atoms with E-state index in [0.717, 1.165) is 36.9 Å². The van der Waals surface area contributed by atoms with Crippen LogP contribution in [0.4, 0.5) is 5.13 Å². The molecule has 1 amide bonds. The molecule has 1 aromatic heterocycles. The SMILES string of the molecule is Cc1cccc(C2/C(=C(\O)c3ccc(Br)cc3)C(=O)C(=O)N2c2nc3cc(C)c(C)cc3s2)c1. The number of aryl methyl sites for hydroxylation is 3. The number of Topliss-reactive ketones (excluding diaryl/α,β-unsaturated/α-hetero) is 1. The lowest BCUT2D eigenvalue weighted by molar-refractivity contribution is -0.132. The molecule has 1 fully saturated rings. The standard InChI is InChI=1S/C27H21BrN2O3S/c1-14-5-4-6-18(11-14)23-22(24(31)17-7-9-19(28)10-8-17)25(32)26(33)30(23)27-29-20-12-15(2)16(3)13-21(20)34-27/h4-13,23,31H,1-3H3/b24-22+. The number of thiazole rings is 1. The molecule has 1 N–H and O–H groups in total. The fourth-order valence-corrected chi connectivity index (χ4v) is 5.56. The van der Waals surface area contributed by atoms with E-state index in [1.54, 1.807) is 24.3 Å². The molecule has 34 heavy (non-hydrogen) atoms. The zero-order chi connectivity index (χ0) is 24.1. The van der Waals surface area contributed by atoms with Crippen LogP contribution in [0.5, 0.6) is 0 Å². The molecular weight excluding hydrogens is 512 g/mol. The Labute approximate surface area is 209 Å². The molecule has 1 atom stereocenters. The van der Waals surface area contributed by atoms with Gasteiger partial charge in [0.25, 0.3) is 5.78 Å². The average molecular weight is 533 g/mol. The molecule has 1 aliphatic heterocycles. The van der Waals surface area contributed by atoms with Gasteiger partial charge < -0.3 is 5.11 Å². The number of carbonyl (C=O) groups excluding carboxylic acids is 2. The van der Waals surface area contributed by atoms with Gasteiger partial charge in [-0.05, 0) is 61.7 Å². The van der Waals surface area contributed by atoms with E-state index in [4.69, 9.17) is 4.98 Å². The summed E-state index contributed by atoms with van der Waals surface area (Å²) < 4.78 is 1.79. The third-order valence-electron chi connectivity index (χ3n) is 6.12. The number of benzene rings is 3. The topological polar surface area (TPSA) is 70.5 Å². The van der Waals surface area contributed by atoms with Crippen LogP contribution in [0.3, 0.4) is 0 Å². The van der Waals surface area contributed by atoms with Crippen molar-refractivity contribution < 1.29 is 14.7 Å². The van der Waals surface area contributed by atoms with Crippen LogP contribution < -0.4 is 4.90 Å².